The standard InChI is InChI=1S/C23H23Cl2NO5/c1-4-31-21(27)17-13(2)26-23(29,14-9-6-5-7-10-14)19(22(28)30-3)18(17)15-11-8-12-16(24)20(15)25/h5-12,18-19,26,29H,4H2,1-3H3. The summed E-state index contributed by atoms with van der Waals surface area (Å²) in [5, 5.41) is 15.2. The molecule has 0 aromatic heterocycles. The Labute approximate surface area is 190 Å². The first-order chi connectivity index (χ1) is 14.8. The van der Waals surface area contributed by atoms with Crippen LogP contribution < -0.4 is 5.32 Å². The zero-order valence-corrected chi connectivity index (χ0v) is 18.8. The first-order valence-corrected chi connectivity index (χ1v) is 10.5. The molecular formula is C23H23Cl2NO5. The number of ether oxygens (including phenoxy) is 2. The molecule has 0 amide bonds. The molecule has 164 valence electrons. The van der Waals surface area contributed by atoms with Crippen molar-refractivity contribution in [3.63, 3.8) is 0 Å². The predicted molar refractivity (Wildman–Crippen MR) is 118 cm³/mol. The lowest BCUT2D eigenvalue weighted by atomic mass is 9.69. The van der Waals surface area contributed by atoms with Crippen LogP contribution in [0.15, 0.2) is 59.8 Å². The summed E-state index contributed by atoms with van der Waals surface area (Å²) in [6.45, 7) is 3.46. The van der Waals surface area contributed by atoms with Crippen LogP contribution in [0, 0.1) is 5.92 Å². The number of benzene rings is 2. The molecule has 1 aliphatic rings. The van der Waals surface area contributed by atoms with E-state index in [-0.39, 0.29) is 22.2 Å². The SMILES string of the molecule is CCOC(=O)C1=C(C)NC(O)(c2ccccc2)C(C(=O)OC)C1c1cccc(Cl)c1Cl. The van der Waals surface area contributed by atoms with Crippen LogP contribution in [0.4, 0.5) is 0 Å². The van der Waals surface area contributed by atoms with Crippen molar-refractivity contribution in [2.45, 2.75) is 25.5 Å². The van der Waals surface area contributed by atoms with E-state index >= 15 is 0 Å². The van der Waals surface area contributed by atoms with Gasteiger partial charge >= 0.3 is 11.9 Å². The molecule has 2 aromatic rings. The van der Waals surface area contributed by atoms with Gasteiger partial charge in [-0.3, -0.25) is 4.79 Å². The summed E-state index contributed by atoms with van der Waals surface area (Å²) in [6, 6.07) is 13.6. The highest BCUT2D eigenvalue weighted by Crippen LogP contribution is 2.49. The topological polar surface area (TPSA) is 84.9 Å². The van der Waals surface area contributed by atoms with Crippen LogP contribution in [0.5, 0.6) is 0 Å². The molecule has 6 nitrogen and oxygen atoms in total. The lowest BCUT2D eigenvalue weighted by Gasteiger charge is -2.45. The van der Waals surface area contributed by atoms with E-state index in [0.29, 0.717) is 16.8 Å². The van der Waals surface area contributed by atoms with Crippen molar-refractivity contribution in [1.82, 2.24) is 5.32 Å². The van der Waals surface area contributed by atoms with E-state index in [1.165, 1.54) is 7.11 Å². The highest BCUT2D eigenvalue weighted by atomic mass is 35.5. The van der Waals surface area contributed by atoms with Gasteiger partial charge in [0.1, 0.15) is 5.92 Å². The Bertz CT molecular complexity index is 1020. The summed E-state index contributed by atoms with van der Waals surface area (Å²) >= 11 is 12.8. The second-order valence-electron chi connectivity index (χ2n) is 7.14. The smallest absolute Gasteiger partial charge is 0.336 e. The number of hydrogen-bond acceptors (Lipinski definition) is 6. The average molecular weight is 464 g/mol. The molecule has 0 bridgehead atoms. The number of esters is 2. The third-order valence-electron chi connectivity index (χ3n) is 5.36. The first-order valence-electron chi connectivity index (χ1n) is 9.71. The molecule has 3 atom stereocenters. The van der Waals surface area contributed by atoms with Crippen molar-refractivity contribution in [3.05, 3.63) is 81.0 Å². The van der Waals surface area contributed by atoms with Crippen LogP contribution in [-0.4, -0.2) is 30.8 Å². The van der Waals surface area contributed by atoms with Crippen LogP contribution in [-0.2, 0) is 24.8 Å². The Kier molecular flexibility index (Phi) is 6.94. The number of allylic oxidation sites excluding steroid dienone is 1. The molecule has 8 heteroatoms. The van der Waals surface area contributed by atoms with E-state index in [1.807, 2.05) is 0 Å². The number of rotatable bonds is 5. The number of halogens is 2. The van der Waals surface area contributed by atoms with Crippen LogP contribution >= 0.6 is 23.2 Å². The minimum Gasteiger partial charge on any atom is -0.469 e. The van der Waals surface area contributed by atoms with Crippen LogP contribution in [0.25, 0.3) is 0 Å². The Hall–Kier alpha value is -2.54. The number of hydrogen-bond donors (Lipinski definition) is 2. The molecule has 2 N–H and O–H groups in total. The minimum absolute atomic E-state index is 0.136. The molecule has 3 rings (SSSR count). The monoisotopic (exact) mass is 463 g/mol. The van der Waals surface area contributed by atoms with Gasteiger partial charge < -0.3 is 19.9 Å². The molecule has 0 aliphatic carbocycles. The maximum absolute atomic E-state index is 13.1. The Balaban J connectivity index is 2.35. The molecular weight excluding hydrogens is 441 g/mol. The maximum atomic E-state index is 13.1. The van der Waals surface area contributed by atoms with E-state index in [2.05, 4.69) is 5.32 Å². The van der Waals surface area contributed by atoms with Gasteiger partial charge in [0.05, 0.1) is 29.3 Å². The molecule has 0 saturated carbocycles. The number of nitrogens with one attached hydrogen (secondary N) is 1. The highest BCUT2D eigenvalue weighted by Gasteiger charge is 2.55. The van der Waals surface area contributed by atoms with Crippen LogP contribution in [0.1, 0.15) is 30.9 Å². The zero-order chi connectivity index (χ0) is 22.8. The van der Waals surface area contributed by atoms with Crippen molar-refractivity contribution in [2.75, 3.05) is 13.7 Å². The van der Waals surface area contributed by atoms with E-state index in [4.69, 9.17) is 32.7 Å². The normalized spacial score (nSPS) is 23.2. The van der Waals surface area contributed by atoms with E-state index in [1.54, 1.807) is 62.4 Å². The minimum atomic E-state index is -1.88. The Morgan fingerprint density at radius 1 is 1.13 bits per heavy atom. The largest absolute Gasteiger partial charge is 0.469 e. The van der Waals surface area contributed by atoms with E-state index < -0.39 is 29.5 Å². The fraction of sp³-hybridized carbons (Fsp3) is 0.304. The number of carbonyl (C=O) groups is 2. The highest BCUT2D eigenvalue weighted by molar-refractivity contribution is 6.42. The summed E-state index contributed by atoms with van der Waals surface area (Å²) in [6.07, 6.45) is 0. The fourth-order valence-electron chi connectivity index (χ4n) is 4.03. The average Bonchev–Trinajstić information content (AvgIpc) is 2.75. The lowest BCUT2D eigenvalue weighted by Crippen LogP contribution is -2.57. The van der Waals surface area contributed by atoms with Crippen molar-refractivity contribution < 1.29 is 24.2 Å². The molecule has 0 fully saturated rings. The molecule has 3 unspecified atom stereocenters. The van der Waals surface area contributed by atoms with Gasteiger partial charge in [-0.15, -0.1) is 0 Å². The van der Waals surface area contributed by atoms with Crippen molar-refractivity contribution in [1.29, 1.82) is 0 Å². The second-order valence-corrected chi connectivity index (χ2v) is 7.92. The predicted octanol–water partition coefficient (Wildman–Crippen LogP) is 4.15. The molecule has 2 aromatic carbocycles. The Morgan fingerprint density at radius 3 is 2.42 bits per heavy atom. The van der Waals surface area contributed by atoms with E-state index in [9.17, 15) is 14.7 Å². The second kappa shape index (κ2) is 9.30. The molecule has 0 spiro atoms. The molecule has 0 saturated heterocycles. The van der Waals surface area contributed by atoms with Crippen LogP contribution in [0.3, 0.4) is 0 Å². The molecule has 0 radical (unpaired) electrons. The van der Waals surface area contributed by atoms with Gasteiger partial charge in [0.2, 0.25) is 0 Å². The summed E-state index contributed by atoms with van der Waals surface area (Å²) in [5.74, 6) is -3.60. The van der Waals surface area contributed by atoms with Gasteiger partial charge in [-0.2, -0.15) is 0 Å². The zero-order valence-electron chi connectivity index (χ0n) is 17.3. The summed E-state index contributed by atoms with van der Waals surface area (Å²) in [5.41, 5.74) is -0.531. The van der Waals surface area contributed by atoms with Gasteiger partial charge in [-0.25, -0.2) is 4.79 Å². The van der Waals surface area contributed by atoms with Crippen molar-refractivity contribution in [3.8, 4) is 0 Å². The van der Waals surface area contributed by atoms with Gasteiger partial charge in [-0.05, 0) is 25.5 Å². The Morgan fingerprint density at radius 2 is 1.81 bits per heavy atom. The quantitative estimate of drug-likeness (QED) is 0.647. The summed E-state index contributed by atoms with van der Waals surface area (Å²) < 4.78 is 10.3. The maximum Gasteiger partial charge on any atom is 0.336 e. The lowest BCUT2D eigenvalue weighted by molar-refractivity contribution is -0.163. The third-order valence-corrected chi connectivity index (χ3v) is 6.19. The first kappa shape index (κ1) is 23.1. The fourth-order valence-corrected chi connectivity index (χ4v) is 4.46. The van der Waals surface area contributed by atoms with Gasteiger partial charge in [0, 0.05) is 17.2 Å². The third kappa shape index (κ3) is 4.15. The molecule has 1 aliphatic heterocycles. The van der Waals surface area contributed by atoms with Crippen LogP contribution in [0.2, 0.25) is 10.0 Å². The number of aliphatic hydroxyl groups is 1. The number of carbonyl (C=O) groups excluding carboxylic acids is 2. The van der Waals surface area contributed by atoms with Gasteiger partial charge in [-0.1, -0.05) is 65.7 Å². The summed E-state index contributed by atoms with van der Waals surface area (Å²) in [7, 11) is 1.22. The summed E-state index contributed by atoms with van der Waals surface area (Å²) in [4.78, 5) is 26.1. The number of methoxy groups -OCH3 is 1. The van der Waals surface area contributed by atoms with Crippen molar-refractivity contribution >= 4 is 35.1 Å². The molecule has 31 heavy (non-hydrogen) atoms. The van der Waals surface area contributed by atoms with Crippen molar-refractivity contribution in [2.24, 2.45) is 5.92 Å². The van der Waals surface area contributed by atoms with E-state index in [0.717, 1.165) is 0 Å². The molecule has 1 heterocycles. The van der Waals surface area contributed by atoms with Gasteiger partial charge in [0.15, 0.2) is 5.72 Å². The van der Waals surface area contributed by atoms with Gasteiger partial charge in [0.25, 0.3) is 0 Å².